The van der Waals surface area contributed by atoms with E-state index in [9.17, 15) is 0 Å². The van der Waals surface area contributed by atoms with Gasteiger partial charge in [0, 0.05) is 0 Å². The normalized spacial score (nSPS) is 9.27. The van der Waals surface area contributed by atoms with Gasteiger partial charge in [0.25, 0.3) is 0 Å². The standard InChI is InChI=1S/C13H17NO/c1-4-14-9-5-6-12-10-11(2)7-8-13(12)15-3/h7-8,10,14H,4,9H2,1-3H3. The zero-order valence-corrected chi connectivity index (χ0v) is 9.55. The lowest BCUT2D eigenvalue weighted by molar-refractivity contribution is 0.413. The van der Waals surface area contributed by atoms with Crippen molar-refractivity contribution >= 4 is 0 Å². The van der Waals surface area contributed by atoms with E-state index in [1.165, 1.54) is 5.56 Å². The van der Waals surface area contributed by atoms with Gasteiger partial charge >= 0.3 is 0 Å². The van der Waals surface area contributed by atoms with Crippen molar-refractivity contribution in [3.8, 4) is 17.6 Å². The average Bonchev–Trinajstić information content (AvgIpc) is 2.25. The van der Waals surface area contributed by atoms with E-state index in [0.717, 1.165) is 17.9 Å². The van der Waals surface area contributed by atoms with Crippen LogP contribution in [-0.4, -0.2) is 20.2 Å². The van der Waals surface area contributed by atoms with E-state index in [1.54, 1.807) is 7.11 Å². The molecule has 0 amide bonds. The van der Waals surface area contributed by atoms with Crippen molar-refractivity contribution in [2.75, 3.05) is 20.2 Å². The fourth-order valence-corrected chi connectivity index (χ4v) is 1.25. The Bertz CT molecular complexity index is 374. The van der Waals surface area contributed by atoms with E-state index in [0.29, 0.717) is 6.54 Å². The summed E-state index contributed by atoms with van der Waals surface area (Å²) in [5.74, 6) is 7.00. The molecule has 0 saturated carbocycles. The van der Waals surface area contributed by atoms with Gasteiger partial charge in [-0.25, -0.2) is 0 Å². The Kier molecular flexibility index (Phi) is 4.73. The highest BCUT2D eigenvalue weighted by atomic mass is 16.5. The Morgan fingerprint density at radius 2 is 2.20 bits per heavy atom. The van der Waals surface area contributed by atoms with E-state index in [1.807, 2.05) is 18.2 Å². The van der Waals surface area contributed by atoms with Crippen LogP contribution in [0.25, 0.3) is 0 Å². The molecule has 0 aliphatic rings. The van der Waals surface area contributed by atoms with E-state index in [4.69, 9.17) is 4.74 Å². The number of benzene rings is 1. The molecule has 0 aliphatic heterocycles. The van der Waals surface area contributed by atoms with Gasteiger partial charge in [-0.2, -0.15) is 0 Å². The largest absolute Gasteiger partial charge is 0.495 e. The van der Waals surface area contributed by atoms with Crippen LogP contribution in [0.5, 0.6) is 5.75 Å². The van der Waals surface area contributed by atoms with Crippen molar-refractivity contribution < 1.29 is 4.74 Å². The van der Waals surface area contributed by atoms with Gasteiger partial charge in [0.05, 0.1) is 19.2 Å². The van der Waals surface area contributed by atoms with Crippen LogP contribution in [0.15, 0.2) is 18.2 Å². The molecule has 0 saturated heterocycles. The van der Waals surface area contributed by atoms with Gasteiger partial charge in [0.15, 0.2) is 0 Å². The highest BCUT2D eigenvalue weighted by molar-refractivity contribution is 5.48. The second kappa shape index (κ2) is 6.10. The minimum absolute atomic E-state index is 0.716. The monoisotopic (exact) mass is 203 g/mol. The molecule has 0 aromatic heterocycles. The maximum Gasteiger partial charge on any atom is 0.134 e. The minimum Gasteiger partial charge on any atom is -0.495 e. The predicted octanol–water partition coefficient (Wildman–Crippen LogP) is 1.96. The Morgan fingerprint density at radius 1 is 1.40 bits per heavy atom. The quantitative estimate of drug-likeness (QED) is 0.599. The van der Waals surface area contributed by atoms with E-state index in [2.05, 4.69) is 31.0 Å². The Balaban J connectivity index is 2.80. The van der Waals surface area contributed by atoms with Gasteiger partial charge in [0.1, 0.15) is 5.75 Å². The molecule has 15 heavy (non-hydrogen) atoms. The van der Waals surface area contributed by atoms with Crippen molar-refractivity contribution in [2.24, 2.45) is 0 Å². The third-order valence-electron chi connectivity index (χ3n) is 2.04. The molecule has 1 aromatic rings. The summed E-state index contributed by atoms with van der Waals surface area (Å²) in [4.78, 5) is 0. The third-order valence-corrected chi connectivity index (χ3v) is 2.04. The van der Waals surface area contributed by atoms with Crippen LogP contribution in [0.2, 0.25) is 0 Å². The number of aryl methyl sites for hydroxylation is 1. The highest BCUT2D eigenvalue weighted by Gasteiger charge is 1.98. The highest BCUT2D eigenvalue weighted by Crippen LogP contribution is 2.17. The zero-order valence-electron chi connectivity index (χ0n) is 9.55. The van der Waals surface area contributed by atoms with E-state index in [-0.39, 0.29) is 0 Å². The van der Waals surface area contributed by atoms with E-state index < -0.39 is 0 Å². The molecule has 0 unspecified atom stereocenters. The van der Waals surface area contributed by atoms with Gasteiger partial charge in [0.2, 0.25) is 0 Å². The first-order chi connectivity index (χ1) is 7.27. The summed E-state index contributed by atoms with van der Waals surface area (Å²) in [6.07, 6.45) is 0. The van der Waals surface area contributed by atoms with Crippen molar-refractivity contribution in [2.45, 2.75) is 13.8 Å². The molecule has 0 spiro atoms. The van der Waals surface area contributed by atoms with Gasteiger partial charge in [-0.15, -0.1) is 0 Å². The first-order valence-corrected chi connectivity index (χ1v) is 5.12. The van der Waals surface area contributed by atoms with Gasteiger partial charge in [-0.1, -0.05) is 24.8 Å². The maximum absolute atomic E-state index is 5.23. The lowest BCUT2D eigenvalue weighted by atomic mass is 10.1. The fraction of sp³-hybridized carbons (Fsp3) is 0.385. The zero-order chi connectivity index (χ0) is 11.1. The van der Waals surface area contributed by atoms with Crippen molar-refractivity contribution in [3.63, 3.8) is 0 Å². The molecule has 80 valence electrons. The molecular weight excluding hydrogens is 186 g/mol. The molecule has 0 radical (unpaired) electrons. The summed E-state index contributed by atoms with van der Waals surface area (Å²) in [5.41, 5.74) is 2.15. The first kappa shape index (κ1) is 11.6. The summed E-state index contributed by atoms with van der Waals surface area (Å²) in [7, 11) is 1.67. The Morgan fingerprint density at radius 3 is 2.87 bits per heavy atom. The molecule has 0 fully saturated rings. The van der Waals surface area contributed by atoms with Crippen LogP contribution < -0.4 is 10.1 Å². The molecule has 1 N–H and O–H groups in total. The van der Waals surface area contributed by atoms with Crippen LogP contribution in [0, 0.1) is 18.8 Å². The maximum atomic E-state index is 5.23. The third kappa shape index (κ3) is 3.65. The topological polar surface area (TPSA) is 21.3 Å². The molecule has 0 aliphatic carbocycles. The van der Waals surface area contributed by atoms with Crippen molar-refractivity contribution in [1.29, 1.82) is 0 Å². The number of hydrogen-bond acceptors (Lipinski definition) is 2. The average molecular weight is 203 g/mol. The van der Waals surface area contributed by atoms with E-state index >= 15 is 0 Å². The number of hydrogen-bond donors (Lipinski definition) is 1. The lowest BCUT2D eigenvalue weighted by Crippen LogP contribution is -2.11. The fourth-order valence-electron chi connectivity index (χ4n) is 1.25. The van der Waals surface area contributed by atoms with Crippen molar-refractivity contribution in [3.05, 3.63) is 29.3 Å². The SMILES string of the molecule is CCNCC#Cc1cc(C)ccc1OC. The molecule has 0 atom stereocenters. The Labute approximate surface area is 91.6 Å². The van der Waals surface area contributed by atoms with Crippen LogP contribution >= 0.6 is 0 Å². The van der Waals surface area contributed by atoms with Crippen LogP contribution in [0.4, 0.5) is 0 Å². The summed E-state index contributed by atoms with van der Waals surface area (Å²) < 4.78 is 5.23. The molecule has 1 rings (SSSR count). The summed E-state index contributed by atoms with van der Waals surface area (Å²) in [5, 5.41) is 3.16. The van der Waals surface area contributed by atoms with Crippen LogP contribution in [-0.2, 0) is 0 Å². The number of ether oxygens (including phenoxy) is 1. The first-order valence-electron chi connectivity index (χ1n) is 5.12. The van der Waals surface area contributed by atoms with Gasteiger partial charge in [-0.05, 0) is 31.2 Å². The number of nitrogens with one attached hydrogen (secondary N) is 1. The molecule has 0 heterocycles. The van der Waals surface area contributed by atoms with Crippen LogP contribution in [0.1, 0.15) is 18.1 Å². The molecule has 1 aromatic carbocycles. The van der Waals surface area contributed by atoms with Crippen LogP contribution in [0.3, 0.4) is 0 Å². The summed E-state index contributed by atoms with van der Waals surface area (Å²) >= 11 is 0. The predicted molar refractivity (Wildman–Crippen MR) is 63.2 cm³/mol. The second-order valence-corrected chi connectivity index (χ2v) is 3.29. The lowest BCUT2D eigenvalue weighted by Gasteiger charge is -2.03. The number of rotatable bonds is 3. The Hall–Kier alpha value is -1.46. The number of methoxy groups -OCH3 is 1. The van der Waals surface area contributed by atoms with Crippen molar-refractivity contribution in [1.82, 2.24) is 5.32 Å². The molecule has 0 bridgehead atoms. The molecule has 2 heteroatoms. The molecule has 2 nitrogen and oxygen atoms in total. The second-order valence-electron chi connectivity index (χ2n) is 3.29. The van der Waals surface area contributed by atoms with Gasteiger partial charge in [-0.3, -0.25) is 0 Å². The summed E-state index contributed by atoms with van der Waals surface area (Å²) in [6, 6.07) is 6.01. The van der Waals surface area contributed by atoms with Gasteiger partial charge < -0.3 is 10.1 Å². The summed E-state index contributed by atoms with van der Waals surface area (Å²) in [6.45, 7) is 5.77. The molecular formula is C13H17NO. The minimum atomic E-state index is 0.716. The smallest absolute Gasteiger partial charge is 0.134 e.